The fraction of sp³-hybridized carbons (Fsp3) is 0.400. The van der Waals surface area contributed by atoms with Crippen molar-refractivity contribution in [2.45, 2.75) is 77.0 Å². The second-order valence-electron chi connectivity index (χ2n) is 15.2. The van der Waals surface area contributed by atoms with Gasteiger partial charge in [-0.05, 0) is 105 Å². The number of hydrogen-bond acceptors (Lipinski definition) is 11. The maximum atomic E-state index is 13.2. The molecular formula is C40H43N11O5. The van der Waals surface area contributed by atoms with Crippen molar-refractivity contribution in [3.05, 3.63) is 77.4 Å². The average Bonchev–Trinajstić information content (AvgIpc) is 3.93. The molecule has 56 heavy (non-hydrogen) atoms. The van der Waals surface area contributed by atoms with Crippen molar-refractivity contribution in [2.75, 3.05) is 29.9 Å². The number of carbonyl (C=O) groups excluding carboxylic acids is 4. The first-order valence-electron chi connectivity index (χ1n) is 19.4. The quantitative estimate of drug-likeness (QED) is 0.141. The van der Waals surface area contributed by atoms with E-state index in [2.05, 4.69) is 47.2 Å². The van der Waals surface area contributed by atoms with E-state index in [1.807, 2.05) is 31.2 Å². The predicted octanol–water partition coefficient (Wildman–Crippen LogP) is 4.30. The molecule has 1 aliphatic carbocycles. The zero-order chi connectivity index (χ0) is 38.3. The van der Waals surface area contributed by atoms with Gasteiger partial charge in [0.15, 0.2) is 5.75 Å². The Morgan fingerprint density at radius 2 is 1.89 bits per heavy atom. The molecule has 1 saturated carbocycles. The van der Waals surface area contributed by atoms with Crippen LogP contribution in [-0.4, -0.2) is 90.1 Å². The molecule has 4 amide bonds. The predicted molar refractivity (Wildman–Crippen MR) is 205 cm³/mol. The Hall–Kier alpha value is -6.32. The molecule has 16 nitrogen and oxygen atoms in total. The van der Waals surface area contributed by atoms with Crippen LogP contribution in [0.4, 0.5) is 17.3 Å². The van der Waals surface area contributed by atoms with Crippen LogP contribution in [0.1, 0.15) is 83.2 Å². The molecule has 1 atom stereocenters. The van der Waals surface area contributed by atoms with Crippen LogP contribution < -0.4 is 25.6 Å². The first kappa shape index (κ1) is 35.4. The first-order chi connectivity index (χ1) is 27.3. The summed E-state index contributed by atoms with van der Waals surface area (Å²) < 4.78 is 7.96. The van der Waals surface area contributed by atoms with Crippen molar-refractivity contribution in [2.24, 2.45) is 5.92 Å². The fourth-order valence-corrected chi connectivity index (χ4v) is 8.03. The first-order valence-corrected chi connectivity index (χ1v) is 19.4. The number of rotatable bonds is 11. The summed E-state index contributed by atoms with van der Waals surface area (Å²) in [6.07, 6.45) is 11.8. The molecule has 16 heteroatoms. The number of ether oxygens (including phenoxy) is 1. The van der Waals surface area contributed by atoms with Crippen LogP contribution in [-0.2, 0) is 16.1 Å². The van der Waals surface area contributed by atoms with E-state index in [1.54, 1.807) is 34.2 Å². The number of benzene rings is 2. The smallest absolute Gasteiger partial charge is 0.255 e. The molecule has 3 aliphatic heterocycles. The van der Waals surface area contributed by atoms with E-state index in [9.17, 15) is 19.2 Å². The molecule has 2 aromatic carbocycles. The van der Waals surface area contributed by atoms with E-state index in [4.69, 9.17) is 9.72 Å². The number of H-pyrrole nitrogens is 1. The van der Waals surface area contributed by atoms with Gasteiger partial charge in [0.05, 0.1) is 12.3 Å². The third-order valence-corrected chi connectivity index (χ3v) is 11.5. The Labute approximate surface area is 322 Å². The number of aromatic amines is 1. The highest BCUT2D eigenvalue weighted by Crippen LogP contribution is 2.36. The molecule has 0 radical (unpaired) electrons. The van der Waals surface area contributed by atoms with Gasteiger partial charge in [0, 0.05) is 66.9 Å². The lowest BCUT2D eigenvalue weighted by Crippen LogP contribution is -2.52. The van der Waals surface area contributed by atoms with Crippen molar-refractivity contribution in [3.8, 4) is 17.0 Å². The Balaban J connectivity index is 0.767. The van der Waals surface area contributed by atoms with E-state index in [1.165, 1.54) is 0 Å². The lowest BCUT2D eigenvalue weighted by atomic mass is 9.93. The van der Waals surface area contributed by atoms with Crippen LogP contribution in [0.2, 0.25) is 0 Å². The molecule has 6 heterocycles. The summed E-state index contributed by atoms with van der Waals surface area (Å²) in [5.74, 6) is 0.493. The van der Waals surface area contributed by atoms with Crippen molar-refractivity contribution >= 4 is 46.6 Å². The maximum absolute atomic E-state index is 13.2. The second-order valence-corrected chi connectivity index (χ2v) is 15.2. The molecule has 3 fully saturated rings. The molecular weight excluding hydrogens is 715 g/mol. The van der Waals surface area contributed by atoms with E-state index < -0.39 is 11.9 Å². The Bertz CT molecular complexity index is 2330. The number of fused-ring (bicyclic) bond motifs is 2. The molecule has 1 unspecified atom stereocenters. The van der Waals surface area contributed by atoms with E-state index in [-0.39, 0.29) is 30.2 Å². The lowest BCUT2D eigenvalue weighted by molar-refractivity contribution is -0.136. The highest BCUT2D eigenvalue weighted by atomic mass is 16.5. The number of carbonyl (C=O) groups is 4. The Morgan fingerprint density at radius 1 is 1.04 bits per heavy atom. The number of aromatic nitrogens is 6. The minimum atomic E-state index is -0.619. The van der Waals surface area contributed by atoms with Crippen LogP contribution in [0, 0.1) is 12.8 Å². The summed E-state index contributed by atoms with van der Waals surface area (Å²) >= 11 is 0. The monoisotopic (exact) mass is 757 g/mol. The minimum Gasteiger partial charge on any atom is -0.484 e. The summed E-state index contributed by atoms with van der Waals surface area (Å²) in [6, 6.07) is 10.8. The molecule has 3 aromatic heterocycles. The molecule has 4 aliphatic rings. The molecule has 0 spiro atoms. The van der Waals surface area contributed by atoms with Crippen LogP contribution in [0.3, 0.4) is 0 Å². The number of nitrogens with zero attached hydrogens (tertiary/aromatic N) is 7. The van der Waals surface area contributed by atoms with Gasteiger partial charge in [0.25, 0.3) is 11.8 Å². The zero-order valence-electron chi connectivity index (χ0n) is 31.1. The molecule has 2 saturated heterocycles. The average molecular weight is 758 g/mol. The van der Waals surface area contributed by atoms with E-state index in [0.717, 1.165) is 79.7 Å². The van der Waals surface area contributed by atoms with Crippen molar-refractivity contribution in [3.63, 3.8) is 0 Å². The van der Waals surface area contributed by atoms with Gasteiger partial charge in [-0.25, -0.2) is 4.98 Å². The van der Waals surface area contributed by atoms with Crippen molar-refractivity contribution in [1.29, 1.82) is 0 Å². The number of amides is 4. The van der Waals surface area contributed by atoms with E-state index in [0.29, 0.717) is 59.6 Å². The zero-order valence-corrected chi connectivity index (χ0v) is 31.1. The highest BCUT2D eigenvalue weighted by molar-refractivity contribution is 6.05. The van der Waals surface area contributed by atoms with Gasteiger partial charge >= 0.3 is 0 Å². The van der Waals surface area contributed by atoms with Crippen molar-refractivity contribution < 1.29 is 23.9 Å². The SMILES string of the molecule is Cc1cc(C(=O)NCCC2CCN(c3ccc4c(c3)CN(C3CCC(=O)NC3=O)C4=O)CC2)ccc1Nc1nc2c(OC3CCC3)c(-c3cn[nH]c3)ncn2n1. The molecule has 9 rings (SSSR count). The molecule has 5 aromatic rings. The van der Waals surface area contributed by atoms with Gasteiger partial charge in [-0.1, -0.05) is 0 Å². The number of nitrogens with one attached hydrogen (secondary N) is 4. The number of anilines is 3. The van der Waals surface area contributed by atoms with Gasteiger partial charge in [-0.15, -0.1) is 5.10 Å². The Kier molecular flexibility index (Phi) is 9.31. The van der Waals surface area contributed by atoms with Crippen LogP contribution >= 0.6 is 0 Å². The maximum Gasteiger partial charge on any atom is 0.255 e. The lowest BCUT2D eigenvalue weighted by Gasteiger charge is -2.34. The second kappa shape index (κ2) is 14.7. The third kappa shape index (κ3) is 6.90. The number of hydrogen-bond donors (Lipinski definition) is 4. The van der Waals surface area contributed by atoms with Crippen LogP contribution in [0.15, 0.2) is 55.1 Å². The topological polar surface area (TPSA) is 192 Å². The number of imide groups is 1. The van der Waals surface area contributed by atoms with Crippen LogP contribution in [0.25, 0.3) is 16.9 Å². The number of aryl methyl sites for hydroxylation is 1. The normalized spacial score (nSPS) is 18.9. The van der Waals surface area contributed by atoms with Gasteiger partial charge in [-0.3, -0.25) is 29.6 Å². The summed E-state index contributed by atoms with van der Waals surface area (Å²) in [4.78, 5) is 63.6. The van der Waals surface area contributed by atoms with Crippen molar-refractivity contribution in [1.82, 2.24) is 45.3 Å². The largest absolute Gasteiger partial charge is 0.484 e. The molecule has 4 N–H and O–H groups in total. The molecule has 0 bridgehead atoms. The van der Waals surface area contributed by atoms with Gasteiger partial charge in [0.2, 0.25) is 23.4 Å². The minimum absolute atomic E-state index is 0.113. The number of piperidine rings is 2. The standard InChI is InChI=1S/C40H43N11O5/c1-23-17-25(5-8-31(23)45-40-47-36-35(56-29-3-2-4-29)34(27-19-43-44-20-27)42-22-51(36)48-40)37(53)41-14-11-24-12-15-49(16-13-24)28-6-7-30-26(18-28)21-50(39(30)55)32-9-10-33(52)46-38(32)54/h5-8,17-20,22,24,29,32H,2-4,9-16,21H2,1H3,(H,41,53)(H,43,44)(H,45,48)(H,46,52,54). The highest BCUT2D eigenvalue weighted by Gasteiger charge is 2.39. The Morgan fingerprint density at radius 3 is 2.64 bits per heavy atom. The summed E-state index contributed by atoms with van der Waals surface area (Å²) in [6.45, 7) is 4.66. The van der Waals surface area contributed by atoms with Crippen LogP contribution in [0.5, 0.6) is 5.75 Å². The van der Waals surface area contributed by atoms with Gasteiger partial charge in [0.1, 0.15) is 18.1 Å². The molecule has 288 valence electrons. The summed E-state index contributed by atoms with van der Waals surface area (Å²) in [5, 5.41) is 20.3. The summed E-state index contributed by atoms with van der Waals surface area (Å²) in [7, 11) is 0. The van der Waals surface area contributed by atoms with Gasteiger partial charge in [-0.2, -0.15) is 14.6 Å². The third-order valence-electron chi connectivity index (χ3n) is 11.5. The fourth-order valence-electron chi connectivity index (χ4n) is 8.03. The van der Waals surface area contributed by atoms with E-state index >= 15 is 0 Å². The van der Waals surface area contributed by atoms with Gasteiger partial charge < -0.3 is 25.2 Å². The summed E-state index contributed by atoms with van der Waals surface area (Å²) in [5.41, 5.74) is 6.88.